The molecule has 0 bridgehead atoms. The first-order valence-corrected chi connectivity index (χ1v) is 6.46. The lowest BCUT2D eigenvalue weighted by Crippen LogP contribution is -2.33. The van der Waals surface area contributed by atoms with Gasteiger partial charge in [-0.15, -0.1) is 24.0 Å². The lowest BCUT2D eigenvalue weighted by atomic mass is 10.1. The van der Waals surface area contributed by atoms with Crippen LogP contribution in [0.1, 0.15) is 25.8 Å². The summed E-state index contributed by atoms with van der Waals surface area (Å²) in [5.41, 5.74) is 6.13. The third-order valence-electron chi connectivity index (χ3n) is 2.70. The number of rotatable bonds is 6. The zero-order valence-electron chi connectivity index (χ0n) is 11.8. The molecule has 0 radical (unpaired) electrons. The average Bonchev–Trinajstić information content (AvgIpc) is 2.31. The second-order valence-corrected chi connectivity index (χ2v) is 4.86. The predicted octanol–water partition coefficient (Wildman–Crippen LogP) is 3.08. The molecule has 114 valence electrons. The van der Waals surface area contributed by atoms with Crippen molar-refractivity contribution < 1.29 is 8.78 Å². The molecule has 0 atom stereocenters. The molecule has 1 aromatic rings. The monoisotopic (exact) mass is 397 g/mol. The molecule has 1 aromatic carbocycles. The summed E-state index contributed by atoms with van der Waals surface area (Å²) in [4.78, 5) is 4.16. The van der Waals surface area contributed by atoms with Crippen LogP contribution in [0, 0.1) is 17.6 Å². The molecular formula is C14H22F2IN3. The van der Waals surface area contributed by atoms with Crippen molar-refractivity contribution in [3.8, 4) is 0 Å². The van der Waals surface area contributed by atoms with E-state index in [1.54, 1.807) is 0 Å². The van der Waals surface area contributed by atoms with Crippen LogP contribution in [-0.4, -0.2) is 19.0 Å². The zero-order valence-corrected chi connectivity index (χ0v) is 14.2. The maximum absolute atomic E-state index is 13.3. The fraction of sp³-hybridized carbons (Fsp3) is 0.500. The van der Waals surface area contributed by atoms with Crippen LogP contribution in [0.5, 0.6) is 0 Å². The van der Waals surface area contributed by atoms with Crippen molar-refractivity contribution in [1.29, 1.82) is 0 Å². The number of guanidine groups is 1. The van der Waals surface area contributed by atoms with Crippen LogP contribution in [0.2, 0.25) is 0 Å². The van der Waals surface area contributed by atoms with Crippen LogP contribution in [0.15, 0.2) is 23.2 Å². The minimum atomic E-state index is -0.566. The Bertz CT molecular complexity index is 436. The Hall–Kier alpha value is -0.920. The Morgan fingerprint density at radius 2 is 2.05 bits per heavy atom. The first kappa shape index (κ1) is 19.1. The van der Waals surface area contributed by atoms with Crippen LogP contribution in [0.25, 0.3) is 0 Å². The molecule has 0 aliphatic carbocycles. The maximum atomic E-state index is 13.3. The summed E-state index contributed by atoms with van der Waals surface area (Å²) in [5, 5.41) is 2.91. The fourth-order valence-corrected chi connectivity index (χ4v) is 1.55. The summed E-state index contributed by atoms with van der Waals surface area (Å²) in [6.07, 6.45) is 1.42. The Labute approximate surface area is 136 Å². The van der Waals surface area contributed by atoms with E-state index in [-0.39, 0.29) is 24.0 Å². The third kappa shape index (κ3) is 7.62. The van der Waals surface area contributed by atoms with Crippen molar-refractivity contribution in [2.45, 2.75) is 26.7 Å². The molecule has 0 spiro atoms. The highest BCUT2D eigenvalue weighted by molar-refractivity contribution is 14.0. The van der Waals surface area contributed by atoms with Gasteiger partial charge in [0.1, 0.15) is 11.6 Å². The van der Waals surface area contributed by atoms with Gasteiger partial charge in [-0.2, -0.15) is 0 Å². The summed E-state index contributed by atoms with van der Waals surface area (Å²) in [5.74, 6) is -0.144. The molecule has 0 amide bonds. The molecular weight excluding hydrogens is 375 g/mol. The number of benzene rings is 1. The molecule has 0 saturated heterocycles. The molecule has 0 fully saturated rings. The molecule has 0 unspecified atom stereocenters. The second kappa shape index (κ2) is 9.90. The van der Waals surface area contributed by atoms with E-state index in [0.717, 1.165) is 12.5 Å². The summed E-state index contributed by atoms with van der Waals surface area (Å²) >= 11 is 0. The van der Waals surface area contributed by atoms with Crippen LogP contribution in [0.3, 0.4) is 0 Å². The van der Waals surface area contributed by atoms with Gasteiger partial charge in [-0.25, -0.2) is 8.78 Å². The number of nitrogens with two attached hydrogens (primary N) is 1. The topological polar surface area (TPSA) is 50.4 Å². The van der Waals surface area contributed by atoms with Gasteiger partial charge < -0.3 is 11.1 Å². The van der Waals surface area contributed by atoms with Crippen molar-refractivity contribution in [3.63, 3.8) is 0 Å². The molecule has 6 heteroatoms. The lowest BCUT2D eigenvalue weighted by Gasteiger charge is -2.07. The number of nitrogens with one attached hydrogen (secondary N) is 1. The highest BCUT2D eigenvalue weighted by Gasteiger charge is 2.03. The Morgan fingerprint density at radius 1 is 1.35 bits per heavy atom. The van der Waals surface area contributed by atoms with E-state index < -0.39 is 11.6 Å². The van der Waals surface area contributed by atoms with Gasteiger partial charge in [-0.1, -0.05) is 19.9 Å². The Morgan fingerprint density at radius 3 is 2.65 bits per heavy atom. The van der Waals surface area contributed by atoms with Gasteiger partial charge in [0.15, 0.2) is 5.96 Å². The quantitative estimate of drug-likeness (QED) is 0.441. The largest absolute Gasteiger partial charge is 0.370 e. The van der Waals surface area contributed by atoms with Crippen molar-refractivity contribution in [3.05, 3.63) is 35.4 Å². The number of halogens is 3. The fourth-order valence-electron chi connectivity index (χ4n) is 1.55. The van der Waals surface area contributed by atoms with Gasteiger partial charge in [0.05, 0.1) is 0 Å². The summed E-state index contributed by atoms with van der Waals surface area (Å²) < 4.78 is 26.0. The van der Waals surface area contributed by atoms with Gasteiger partial charge in [0.25, 0.3) is 0 Å². The SMILES string of the molecule is CC(C)CCN=C(N)NCCc1ccc(F)cc1F.I. The summed E-state index contributed by atoms with van der Waals surface area (Å²) in [6, 6.07) is 3.58. The normalized spacial score (nSPS) is 11.3. The molecule has 0 heterocycles. The smallest absolute Gasteiger partial charge is 0.188 e. The Balaban J connectivity index is 0.00000361. The highest BCUT2D eigenvalue weighted by Crippen LogP contribution is 2.09. The van der Waals surface area contributed by atoms with E-state index >= 15 is 0 Å². The van der Waals surface area contributed by atoms with Gasteiger partial charge in [-0.3, -0.25) is 4.99 Å². The molecule has 0 aromatic heterocycles. The van der Waals surface area contributed by atoms with Crippen molar-refractivity contribution in [2.24, 2.45) is 16.6 Å². The number of hydrogen-bond acceptors (Lipinski definition) is 1. The first-order chi connectivity index (χ1) is 8.99. The highest BCUT2D eigenvalue weighted by atomic mass is 127. The number of nitrogens with zero attached hydrogens (tertiary/aromatic N) is 1. The van der Waals surface area contributed by atoms with E-state index in [0.29, 0.717) is 37.0 Å². The van der Waals surface area contributed by atoms with Crippen LogP contribution < -0.4 is 11.1 Å². The standard InChI is InChI=1S/C14H21F2N3.HI/c1-10(2)5-7-18-14(17)19-8-6-11-3-4-12(15)9-13(11)16;/h3-4,9-10H,5-8H2,1-2H3,(H3,17,18,19);1H. The van der Waals surface area contributed by atoms with Gasteiger partial charge >= 0.3 is 0 Å². The van der Waals surface area contributed by atoms with E-state index in [4.69, 9.17) is 5.73 Å². The molecule has 0 saturated carbocycles. The van der Waals surface area contributed by atoms with Crippen LogP contribution in [0.4, 0.5) is 8.78 Å². The molecule has 20 heavy (non-hydrogen) atoms. The Kier molecular flexibility index (Phi) is 9.45. The van der Waals surface area contributed by atoms with Crippen molar-refractivity contribution >= 4 is 29.9 Å². The first-order valence-electron chi connectivity index (χ1n) is 6.46. The molecule has 3 N–H and O–H groups in total. The van der Waals surface area contributed by atoms with Gasteiger partial charge in [0.2, 0.25) is 0 Å². The van der Waals surface area contributed by atoms with Crippen molar-refractivity contribution in [2.75, 3.05) is 13.1 Å². The van der Waals surface area contributed by atoms with Gasteiger partial charge in [0, 0.05) is 19.2 Å². The van der Waals surface area contributed by atoms with E-state index in [1.807, 2.05) is 0 Å². The summed E-state index contributed by atoms with van der Waals surface area (Å²) in [6.45, 7) is 5.40. The average molecular weight is 397 g/mol. The van der Waals surface area contributed by atoms with E-state index in [2.05, 4.69) is 24.2 Å². The third-order valence-corrected chi connectivity index (χ3v) is 2.70. The minimum absolute atomic E-state index is 0. The second-order valence-electron chi connectivity index (χ2n) is 4.86. The van der Waals surface area contributed by atoms with Gasteiger partial charge in [-0.05, 0) is 30.4 Å². The molecule has 0 aliphatic rings. The van der Waals surface area contributed by atoms with E-state index in [1.165, 1.54) is 12.1 Å². The number of hydrogen-bond donors (Lipinski definition) is 2. The molecule has 0 aliphatic heterocycles. The van der Waals surface area contributed by atoms with Crippen LogP contribution in [-0.2, 0) is 6.42 Å². The zero-order chi connectivity index (χ0) is 14.3. The van der Waals surface area contributed by atoms with Crippen molar-refractivity contribution in [1.82, 2.24) is 5.32 Å². The molecule has 3 nitrogen and oxygen atoms in total. The predicted molar refractivity (Wildman–Crippen MR) is 89.4 cm³/mol. The minimum Gasteiger partial charge on any atom is -0.370 e. The lowest BCUT2D eigenvalue weighted by molar-refractivity contribution is 0.570. The maximum Gasteiger partial charge on any atom is 0.188 e. The van der Waals surface area contributed by atoms with E-state index in [9.17, 15) is 8.78 Å². The van der Waals surface area contributed by atoms with Crippen LogP contribution >= 0.6 is 24.0 Å². The molecule has 1 rings (SSSR count). The number of aliphatic imine (C=N–C) groups is 1. The summed E-state index contributed by atoms with van der Waals surface area (Å²) in [7, 11) is 0.